The Kier molecular flexibility index (Phi) is 3.82. The standard InChI is InChI=1S/C17H22N6O2/c1-9-4-14(18)23(22-9)8-16(25)19-12-5-11(6-12)13-7-15(24)21-17(20-13)10-2-3-10/h4,7,10-12H,2-3,5-6,8,18H2,1H3,(H,19,25)(H,20,21,24). The van der Waals surface area contributed by atoms with Crippen LogP contribution in [0.2, 0.25) is 0 Å². The summed E-state index contributed by atoms with van der Waals surface area (Å²) < 4.78 is 1.50. The third-order valence-electron chi connectivity index (χ3n) is 4.89. The number of aromatic nitrogens is 4. The highest BCUT2D eigenvalue weighted by Gasteiger charge is 2.34. The van der Waals surface area contributed by atoms with Gasteiger partial charge in [0.15, 0.2) is 0 Å². The van der Waals surface area contributed by atoms with Gasteiger partial charge in [-0.25, -0.2) is 9.67 Å². The summed E-state index contributed by atoms with van der Waals surface area (Å²) in [6.07, 6.45) is 3.82. The van der Waals surface area contributed by atoms with Gasteiger partial charge < -0.3 is 16.0 Å². The van der Waals surface area contributed by atoms with Gasteiger partial charge in [-0.05, 0) is 32.6 Å². The maximum absolute atomic E-state index is 12.1. The first-order valence-electron chi connectivity index (χ1n) is 8.68. The third kappa shape index (κ3) is 3.42. The summed E-state index contributed by atoms with van der Waals surface area (Å²) in [4.78, 5) is 31.4. The quantitative estimate of drug-likeness (QED) is 0.742. The van der Waals surface area contributed by atoms with Crippen LogP contribution >= 0.6 is 0 Å². The number of hydrogen-bond donors (Lipinski definition) is 3. The van der Waals surface area contributed by atoms with Crippen LogP contribution < -0.4 is 16.6 Å². The SMILES string of the molecule is Cc1cc(N)n(CC(=O)NC2CC(c3cc(=O)[nH]c(C4CC4)n3)C2)n1. The lowest BCUT2D eigenvalue weighted by Crippen LogP contribution is -2.45. The Balaban J connectivity index is 1.32. The molecule has 2 aromatic rings. The summed E-state index contributed by atoms with van der Waals surface area (Å²) in [5, 5.41) is 7.18. The minimum atomic E-state index is -0.101. The van der Waals surface area contributed by atoms with Gasteiger partial charge in [0, 0.05) is 30.0 Å². The van der Waals surface area contributed by atoms with Crippen LogP contribution in [-0.4, -0.2) is 31.7 Å². The molecule has 132 valence electrons. The van der Waals surface area contributed by atoms with Crippen LogP contribution in [0.15, 0.2) is 16.9 Å². The van der Waals surface area contributed by atoms with Crippen molar-refractivity contribution in [3.63, 3.8) is 0 Å². The smallest absolute Gasteiger partial charge is 0.251 e. The number of rotatable bonds is 5. The van der Waals surface area contributed by atoms with Crippen LogP contribution in [0, 0.1) is 6.92 Å². The molecule has 2 saturated carbocycles. The first kappa shape index (κ1) is 15.9. The van der Waals surface area contributed by atoms with Gasteiger partial charge in [0.1, 0.15) is 18.2 Å². The van der Waals surface area contributed by atoms with E-state index in [-0.39, 0.29) is 30.0 Å². The monoisotopic (exact) mass is 342 g/mol. The van der Waals surface area contributed by atoms with Gasteiger partial charge in [0.2, 0.25) is 5.91 Å². The molecule has 2 aliphatic rings. The van der Waals surface area contributed by atoms with E-state index in [1.54, 1.807) is 12.1 Å². The summed E-state index contributed by atoms with van der Waals surface area (Å²) in [6.45, 7) is 1.96. The molecule has 0 spiro atoms. The fourth-order valence-corrected chi connectivity index (χ4v) is 3.33. The number of nitrogen functional groups attached to an aromatic ring is 1. The number of amides is 1. The fraction of sp³-hybridized carbons (Fsp3) is 0.529. The van der Waals surface area contributed by atoms with Crippen molar-refractivity contribution in [3.8, 4) is 0 Å². The van der Waals surface area contributed by atoms with Gasteiger partial charge in [0.05, 0.1) is 11.4 Å². The number of hydrogen-bond acceptors (Lipinski definition) is 5. The van der Waals surface area contributed by atoms with Crippen molar-refractivity contribution in [2.75, 3.05) is 5.73 Å². The van der Waals surface area contributed by atoms with E-state index in [1.165, 1.54) is 4.68 Å². The van der Waals surface area contributed by atoms with Gasteiger partial charge in [-0.2, -0.15) is 5.10 Å². The molecule has 8 nitrogen and oxygen atoms in total. The van der Waals surface area contributed by atoms with E-state index in [2.05, 4.69) is 20.4 Å². The van der Waals surface area contributed by atoms with Crippen molar-refractivity contribution in [1.82, 2.24) is 25.1 Å². The number of nitrogens with zero attached hydrogens (tertiary/aromatic N) is 3. The highest BCUT2D eigenvalue weighted by atomic mass is 16.2. The number of nitrogens with one attached hydrogen (secondary N) is 2. The number of aromatic amines is 1. The molecular formula is C17H22N6O2. The second-order valence-electron chi connectivity index (χ2n) is 7.13. The topological polar surface area (TPSA) is 119 Å². The van der Waals surface area contributed by atoms with E-state index >= 15 is 0 Å². The minimum Gasteiger partial charge on any atom is -0.384 e. The molecule has 0 saturated heterocycles. The predicted octanol–water partition coefficient (Wildman–Crippen LogP) is 0.797. The summed E-state index contributed by atoms with van der Waals surface area (Å²) in [5.41, 5.74) is 7.37. The van der Waals surface area contributed by atoms with Crippen LogP contribution in [0.4, 0.5) is 5.82 Å². The summed E-state index contributed by atoms with van der Waals surface area (Å²) in [7, 11) is 0. The zero-order chi connectivity index (χ0) is 17.6. The Morgan fingerprint density at radius 3 is 2.76 bits per heavy atom. The van der Waals surface area contributed by atoms with Crippen molar-refractivity contribution in [1.29, 1.82) is 0 Å². The molecule has 0 radical (unpaired) electrons. The van der Waals surface area contributed by atoms with Gasteiger partial charge >= 0.3 is 0 Å². The lowest BCUT2D eigenvalue weighted by atomic mass is 9.78. The number of nitrogens with two attached hydrogens (primary N) is 1. The largest absolute Gasteiger partial charge is 0.384 e. The van der Waals surface area contributed by atoms with E-state index in [0.717, 1.165) is 42.9 Å². The number of aryl methyl sites for hydroxylation is 1. The van der Waals surface area contributed by atoms with Crippen LogP contribution in [0.3, 0.4) is 0 Å². The highest BCUT2D eigenvalue weighted by Crippen LogP contribution is 2.40. The van der Waals surface area contributed by atoms with E-state index in [4.69, 9.17) is 5.73 Å². The van der Waals surface area contributed by atoms with E-state index < -0.39 is 0 Å². The molecule has 0 aromatic carbocycles. The maximum Gasteiger partial charge on any atom is 0.251 e. The predicted molar refractivity (Wildman–Crippen MR) is 92.1 cm³/mol. The first-order chi connectivity index (χ1) is 12.0. The molecule has 2 aromatic heterocycles. The van der Waals surface area contributed by atoms with Crippen LogP contribution in [0.1, 0.15) is 54.7 Å². The molecule has 0 atom stereocenters. The number of carbonyl (C=O) groups excluding carboxylic acids is 1. The molecule has 0 unspecified atom stereocenters. The van der Waals surface area contributed by atoms with Crippen molar-refractivity contribution in [2.45, 2.75) is 57.0 Å². The normalized spacial score (nSPS) is 22.4. The molecule has 1 amide bonds. The lowest BCUT2D eigenvalue weighted by molar-refractivity contribution is -0.123. The summed E-state index contributed by atoms with van der Waals surface area (Å²) >= 11 is 0. The van der Waals surface area contributed by atoms with Crippen molar-refractivity contribution >= 4 is 11.7 Å². The second kappa shape index (κ2) is 6.02. The van der Waals surface area contributed by atoms with Gasteiger partial charge in [-0.15, -0.1) is 0 Å². The average Bonchev–Trinajstić information content (AvgIpc) is 3.29. The third-order valence-corrected chi connectivity index (χ3v) is 4.89. The Morgan fingerprint density at radius 2 is 2.12 bits per heavy atom. The van der Waals surface area contributed by atoms with E-state index in [9.17, 15) is 9.59 Å². The Bertz CT molecular complexity index is 860. The van der Waals surface area contributed by atoms with Crippen molar-refractivity contribution < 1.29 is 4.79 Å². The fourth-order valence-electron chi connectivity index (χ4n) is 3.33. The lowest BCUT2D eigenvalue weighted by Gasteiger charge is -2.35. The molecular weight excluding hydrogens is 320 g/mol. The molecule has 2 aliphatic carbocycles. The van der Waals surface area contributed by atoms with Crippen LogP contribution in [-0.2, 0) is 11.3 Å². The molecule has 0 aliphatic heterocycles. The molecule has 2 heterocycles. The van der Waals surface area contributed by atoms with E-state index in [1.807, 2.05) is 6.92 Å². The van der Waals surface area contributed by atoms with Gasteiger partial charge in [-0.3, -0.25) is 9.59 Å². The first-order valence-corrected chi connectivity index (χ1v) is 8.68. The summed E-state index contributed by atoms with van der Waals surface area (Å²) in [5.74, 6) is 1.86. The number of anilines is 1. The molecule has 4 N–H and O–H groups in total. The zero-order valence-electron chi connectivity index (χ0n) is 14.2. The average molecular weight is 342 g/mol. The molecule has 25 heavy (non-hydrogen) atoms. The summed E-state index contributed by atoms with van der Waals surface area (Å²) in [6, 6.07) is 3.44. The molecule has 2 fully saturated rings. The number of carbonyl (C=O) groups is 1. The molecule has 0 bridgehead atoms. The van der Waals surface area contributed by atoms with Crippen molar-refractivity contribution in [3.05, 3.63) is 39.7 Å². The van der Waals surface area contributed by atoms with Crippen LogP contribution in [0.5, 0.6) is 0 Å². The highest BCUT2D eigenvalue weighted by molar-refractivity contribution is 5.76. The van der Waals surface area contributed by atoms with Crippen molar-refractivity contribution in [2.24, 2.45) is 0 Å². The Hall–Kier alpha value is -2.64. The zero-order valence-corrected chi connectivity index (χ0v) is 14.2. The van der Waals surface area contributed by atoms with Crippen LogP contribution in [0.25, 0.3) is 0 Å². The van der Waals surface area contributed by atoms with E-state index in [0.29, 0.717) is 11.7 Å². The Morgan fingerprint density at radius 1 is 1.36 bits per heavy atom. The Labute approximate surface area is 144 Å². The van der Waals surface area contributed by atoms with Gasteiger partial charge in [-0.1, -0.05) is 0 Å². The molecule has 4 rings (SSSR count). The number of H-pyrrole nitrogens is 1. The maximum atomic E-state index is 12.1. The molecule has 8 heteroatoms. The minimum absolute atomic E-state index is 0.0797. The second-order valence-corrected chi connectivity index (χ2v) is 7.13. The van der Waals surface area contributed by atoms with Gasteiger partial charge in [0.25, 0.3) is 5.56 Å².